The van der Waals surface area contributed by atoms with Gasteiger partial charge in [0.2, 0.25) is 5.95 Å². The largest absolute Gasteiger partial charge is 0.497 e. The van der Waals surface area contributed by atoms with Crippen LogP contribution < -0.4 is 25.0 Å². The molecule has 0 bridgehead atoms. The molecule has 0 aliphatic carbocycles. The smallest absolute Gasteiger partial charge is 0.255 e. The van der Waals surface area contributed by atoms with Crippen molar-refractivity contribution >= 4 is 23.2 Å². The fourth-order valence-electron chi connectivity index (χ4n) is 3.75. The van der Waals surface area contributed by atoms with Crippen molar-refractivity contribution in [2.75, 3.05) is 43.8 Å². The standard InChI is InChI=1S/C23H26N6O3/c1-14-20(22(30)27-18-12-17(31-4)10-11-19(18)32-5)21(29-23(26-14)24-13-25-29)15-6-8-16(9-7-15)28(2)3/h6-13,21H,1-5H3,(H,27,30)(H,24,25,26)/t21-/m1/s1. The van der Waals surface area contributed by atoms with Gasteiger partial charge in [0.05, 0.1) is 25.5 Å². The second kappa shape index (κ2) is 8.62. The van der Waals surface area contributed by atoms with E-state index < -0.39 is 6.04 Å². The number of methoxy groups -OCH3 is 2. The number of amides is 1. The van der Waals surface area contributed by atoms with Gasteiger partial charge in [-0.3, -0.25) is 4.79 Å². The van der Waals surface area contributed by atoms with Crippen LogP contribution in [-0.4, -0.2) is 49.0 Å². The van der Waals surface area contributed by atoms with Gasteiger partial charge in [0.15, 0.2) is 0 Å². The Bertz CT molecular complexity index is 1170. The molecule has 32 heavy (non-hydrogen) atoms. The van der Waals surface area contributed by atoms with E-state index in [0.29, 0.717) is 34.4 Å². The van der Waals surface area contributed by atoms with E-state index in [1.165, 1.54) is 6.33 Å². The summed E-state index contributed by atoms with van der Waals surface area (Å²) < 4.78 is 12.4. The van der Waals surface area contributed by atoms with E-state index in [2.05, 4.69) is 20.7 Å². The van der Waals surface area contributed by atoms with Crippen molar-refractivity contribution in [3.63, 3.8) is 0 Å². The summed E-state index contributed by atoms with van der Waals surface area (Å²) >= 11 is 0. The highest BCUT2D eigenvalue weighted by atomic mass is 16.5. The van der Waals surface area contributed by atoms with Crippen molar-refractivity contribution in [3.05, 3.63) is 65.6 Å². The summed E-state index contributed by atoms with van der Waals surface area (Å²) in [5.74, 6) is 1.46. The van der Waals surface area contributed by atoms with Gasteiger partial charge in [-0.25, -0.2) is 4.68 Å². The zero-order valence-corrected chi connectivity index (χ0v) is 18.7. The molecule has 0 fully saturated rings. The number of aromatic nitrogens is 3. The maximum Gasteiger partial charge on any atom is 0.255 e. The maximum atomic E-state index is 13.6. The van der Waals surface area contributed by atoms with E-state index in [0.717, 1.165) is 11.3 Å². The number of carbonyl (C=O) groups is 1. The Kier molecular flexibility index (Phi) is 5.72. The van der Waals surface area contributed by atoms with Gasteiger partial charge in [0, 0.05) is 31.5 Å². The summed E-state index contributed by atoms with van der Waals surface area (Å²) in [5, 5.41) is 10.5. The highest BCUT2D eigenvalue weighted by Gasteiger charge is 2.33. The minimum Gasteiger partial charge on any atom is -0.497 e. The lowest BCUT2D eigenvalue weighted by Gasteiger charge is -2.29. The molecule has 9 nitrogen and oxygen atoms in total. The monoisotopic (exact) mass is 434 g/mol. The number of allylic oxidation sites excluding steroid dienone is 1. The van der Waals surface area contributed by atoms with Crippen LogP contribution in [0.15, 0.2) is 60.1 Å². The van der Waals surface area contributed by atoms with E-state index in [1.54, 1.807) is 37.1 Å². The molecular formula is C23H26N6O3. The molecule has 1 aromatic heterocycles. The molecule has 1 amide bonds. The zero-order valence-electron chi connectivity index (χ0n) is 18.7. The van der Waals surface area contributed by atoms with Gasteiger partial charge in [-0.2, -0.15) is 10.1 Å². The molecule has 166 valence electrons. The van der Waals surface area contributed by atoms with Gasteiger partial charge in [-0.15, -0.1) is 0 Å². The number of hydrogen-bond acceptors (Lipinski definition) is 7. The summed E-state index contributed by atoms with van der Waals surface area (Å²) in [5.41, 5.74) is 3.74. The summed E-state index contributed by atoms with van der Waals surface area (Å²) in [6.45, 7) is 1.86. The molecule has 2 N–H and O–H groups in total. The lowest BCUT2D eigenvalue weighted by atomic mass is 9.94. The number of anilines is 3. The van der Waals surface area contributed by atoms with Gasteiger partial charge in [-0.1, -0.05) is 12.1 Å². The van der Waals surface area contributed by atoms with Crippen molar-refractivity contribution < 1.29 is 14.3 Å². The average molecular weight is 435 g/mol. The fraction of sp³-hybridized carbons (Fsp3) is 0.261. The van der Waals surface area contributed by atoms with Gasteiger partial charge in [0.25, 0.3) is 5.91 Å². The number of ether oxygens (including phenoxy) is 2. The van der Waals surface area contributed by atoms with Crippen LogP contribution in [-0.2, 0) is 4.79 Å². The Hall–Kier alpha value is -4.01. The lowest BCUT2D eigenvalue weighted by Crippen LogP contribution is -2.31. The van der Waals surface area contributed by atoms with E-state index in [-0.39, 0.29) is 5.91 Å². The maximum absolute atomic E-state index is 13.6. The van der Waals surface area contributed by atoms with Crippen LogP contribution >= 0.6 is 0 Å². The Labute approximate surface area is 186 Å². The first kappa shape index (κ1) is 21.2. The molecule has 0 unspecified atom stereocenters. The second-order valence-corrected chi connectivity index (χ2v) is 7.60. The molecular weight excluding hydrogens is 408 g/mol. The van der Waals surface area contributed by atoms with Crippen LogP contribution in [0.5, 0.6) is 11.5 Å². The molecule has 0 radical (unpaired) electrons. The van der Waals surface area contributed by atoms with E-state index >= 15 is 0 Å². The molecule has 1 atom stereocenters. The predicted octanol–water partition coefficient (Wildman–Crippen LogP) is 3.29. The summed E-state index contributed by atoms with van der Waals surface area (Å²) in [6.07, 6.45) is 1.47. The predicted molar refractivity (Wildman–Crippen MR) is 123 cm³/mol. The lowest BCUT2D eigenvalue weighted by molar-refractivity contribution is -0.113. The van der Waals surface area contributed by atoms with E-state index in [9.17, 15) is 4.79 Å². The van der Waals surface area contributed by atoms with Crippen LogP contribution in [0.25, 0.3) is 0 Å². The molecule has 3 aromatic rings. The minimum absolute atomic E-state index is 0.274. The third-order valence-corrected chi connectivity index (χ3v) is 5.42. The van der Waals surface area contributed by atoms with Gasteiger partial charge < -0.3 is 25.0 Å². The van der Waals surface area contributed by atoms with Gasteiger partial charge >= 0.3 is 0 Å². The van der Waals surface area contributed by atoms with Crippen molar-refractivity contribution in [3.8, 4) is 11.5 Å². The Balaban J connectivity index is 1.74. The molecule has 2 aromatic carbocycles. The minimum atomic E-state index is -0.443. The SMILES string of the molecule is COc1ccc(OC)c(NC(=O)C2=C(C)Nc3ncnn3[C@@H]2c2ccc(N(C)C)cc2)c1. The number of benzene rings is 2. The van der Waals surface area contributed by atoms with Crippen molar-refractivity contribution in [2.45, 2.75) is 13.0 Å². The average Bonchev–Trinajstić information content (AvgIpc) is 3.26. The quantitative estimate of drug-likeness (QED) is 0.615. The number of rotatable bonds is 6. The molecule has 1 aliphatic rings. The van der Waals surface area contributed by atoms with Gasteiger partial charge in [-0.05, 0) is 36.8 Å². The summed E-state index contributed by atoms with van der Waals surface area (Å²) in [4.78, 5) is 19.9. The third kappa shape index (κ3) is 3.84. The number of nitrogens with zero attached hydrogens (tertiary/aromatic N) is 4. The summed E-state index contributed by atoms with van der Waals surface area (Å²) in [6, 6.07) is 12.9. The number of fused-ring (bicyclic) bond motifs is 1. The molecule has 2 heterocycles. The first-order chi connectivity index (χ1) is 15.4. The van der Waals surface area contributed by atoms with Crippen LogP contribution in [0.1, 0.15) is 18.5 Å². The topological polar surface area (TPSA) is 93.5 Å². The molecule has 9 heteroatoms. The number of hydrogen-bond donors (Lipinski definition) is 2. The highest BCUT2D eigenvalue weighted by Crippen LogP contribution is 2.37. The Morgan fingerprint density at radius 1 is 1.12 bits per heavy atom. The number of carbonyl (C=O) groups excluding carboxylic acids is 1. The van der Waals surface area contributed by atoms with Crippen LogP contribution in [0, 0.1) is 0 Å². The number of nitrogens with one attached hydrogen (secondary N) is 2. The third-order valence-electron chi connectivity index (χ3n) is 5.42. The molecule has 0 saturated carbocycles. The van der Waals surface area contributed by atoms with Crippen molar-refractivity contribution in [2.24, 2.45) is 0 Å². The Morgan fingerprint density at radius 3 is 2.53 bits per heavy atom. The molecule has 0 spiro atoms. The normalized spacial score (nSPS) is 15.0. The fourth-order valence-corrected chi connectivity index (χ4v) is 3.75. The molecule has 4 rings (SSSR count). The Morgan fingerprint density at radius 2 is 1.88 bits per heavy atom. The van der Waals surface area contributed by atoms with E-state index in [4.69, 9.17) is 9.47 Å². The van der Waals surface area contributed by atoms with E-state index in [1.807, 2.05) is 50.2 Å². The second-order valence-electron chi connectivity index (χ2n) is 7.60. The van der Waals surface area contributed by atoms with Crippen LogP contribution in [0.2, 0.25) is 0 Å². The van der Waals surface area contributed by atoms with Crippen molar-refractivity contribution in [1.29, 1.82) is 0 Å². The first-order valence-electron chi connectivity index (χ1n) is 10.1. The molecule has 1 aliphatic heterocycles. The highest BCUT2D eigenvalue weighted by molar-refractivity contribution is 6.06. The van der Waals surface area contributed by atoms with Crippen molar-refractivity contribution in [1.82, 2.24) is 14.8 Å². The van der Waals surface area contributed by atoms with Gasteiger partial charge in [0.1, 0.15) is 23.9 Å². The molecule has 0 saturated heterocycles. The van der Waals surface area contributed by atoms with Crippen LogP contribution in [0.3, 0.4) is 0 Å². The van der Waals surface area contributed by atoms with Crippen LogP contribution in [0.4, 0.5) is 17.3 Å². The first-order valence-corrected chi connectivity index (χ1v) is 10.1. The zero-order chi connectivity index (χ0) is 22.8. The summed E-state index contributed by atoms with van der Waals surface area (Å²) in [7, 11) is 7.10.